The maximum absolute atomic E-state index is 5.94. The van der Waals surface area contributed by atoms with Crippen molar-refractivity contribution in [3.63, 3.8) is 0 Å². The molecule has 0 saturated heterocycles. The molecule has 0 amide bonds. The molecular weight excluding hydrogens is 268 g/mol. The minimum Gasteiger partial charge on any atom is -0.487 e. The van der Waals surface area contributed by atoms with Crippen LogP contribution in [0.3, 0.4) is 0 Å². The number of methoxy groups -OCH3 is 1. The highest BCUT2D eigenvalue weighted by Crippen LogP contribution is 2.15. The van der Waals surface area contributed by atoms with Crippen molar-refractivity contribution >= 4 is 0 Å². The Bertz CT molecular complexity index is 537. The number of aromatic nitrogens is 1. The third-order valence-corrected chi connectivity index (χ3v) is 3.23. The van der Waals surface area contributed by atoms with Gasteiger partial charge in [-0.3, -0.25) is 0 Å². The average Bonchev–Trinajstić information content (AvgIpc) is 2.94. The normalized spacial score (nSPS) is 12.3. The molecule has 0 aliphatic carbocycles. The van der Waals surface area contributed by atoms with Crippen molar-refractivity contribution < 1.29 is 14.0 Å². The zero-order chi connectivity index (χ0) is 15.1. The number of benzene rings is 1. The van der Waals surface area contributed by atoms with Crippen LogP contribution in [0.4, 0.5) is 0 Å². The first-order valence-electron chi connectivity index (χ1n) is 7.12. The Balaban J connectivity index is 1.85. The van der Waals surface area contributed by atoms with Crippen molar-refractivity contribution in [1.82, 2.24) is 5.16 Å². The van der Waals surface area contributed by atoms with E-state index in [4.69, 9.17) is 19.7 Å². The van der Waals surface area contributed by atoms with Crippen molar-refractivity contribution in [2.45, 2.75) is 39.0 Å². The fourth-order valence-electron chi connectivity index (χ4n) is 1.96. The van der Waals surface area contributed by atoms with Crippen molar-refractivity contribution in [3.8, 4) is 5.75 Å². The summed E-state index contributed by atoms with van der Waals surface area (Å²) in [5.74, 6) is 1.50. The van der Waals surface area contributed by atoms with Crippen LogP contribution < -0.4 is 10.5 Å². The lowest BCUT2D eigenvalue weighted by Gasteiger charge is -2.09. The predicted molar refractivity (Wildman–Crippen MR) is 80.0 cm³/mol. The Morgan fingerprint density at radius 3 is 2.67 bits per heavy atom. The van der Waals surface area contributed by atoms with Gasteiger partial charge >= 0.3 is 0 Å². The molecule has 1 unspecified atom stereocenters. The smallest absolute Gasteiger partial charge is 0.162 e. The lowest BCUT2D eigenvalue weighted by molar-refractivity contribution is 0.155. The van der Waals surface area contributed by atoms with E-state index in [0.29, 0.717) is 19.0 Å². The zero-order valence-electron chi connectivity index (χ0n) is 12.5. The third kappa shape index (κ3) is 4.88. The lowest BCUT2D eigenvalue weighted by Crippen LogP contribution is -2.21. The SMILES string of the molecule is CCC(N)Cc1ccc(OCc2cc(COC)on2)cc1. The van der Waals surface area contributed by atoms with Gasteiger partial charge in [0.25, 0.3) is 0 Å². The topological polar surface area (TPSA) is 70.5 Å². The summed E-state index contributed by atoms with van der Waals surface area (Å²) in [4.78, 5) is 0. The van der Waals surface area contributed by atoms with Crippen LogP contribution in [0, 0.1) is 0 Å². The van der Waals surface area contributed by atoms with Crippen molar-refractivity contribution in [1.29, 1.82) is 0 Å². The summed E-state index contributed by atoms with van der Waals surface area (Å²) in [7, 11) is 1.62. The Morgan fingerprint density at radius 1 is 1.24 bits per heavy atom. The zero-order valence-corrected chi connectivity index (χ0v) is 12.5. The molecule has 2 rings (SSSR count). The predicted octanol–water partition coefficient (Wildman–Crippen LogP) is 2.68. The van der Waals surface area contributed by atoms with Gasteiger partial charge in [-0.05, 0) is 30.5 Å². The van der Waals surface area contributed by atoms with E-state index < -0.39 is 0 Å². The molecule has 1 heterocycles. The van der Waals surface area contributed by atoms with Crippen LogP contribution in [0.5, 0.6) is 5.75 Å². The van der Waals surface area contributed by atoms with Gasteiger partial charge in [0.1, 0.15) is 24.7 Å². The number of hydrogen-bond donors (Lipinski definition) is 1. The van der Waals surface area contributed by atoms with E-state index in [2.05, 4.69) is 12.1 Å². The molecule has 1 aromatic heterocycles. The molecule has 0 aliphatic heterocycles. The Kier molecular flexibility index (Phi) is 5.78. The van der Waals surface area contributed by atoms with Crippen LogP contribution in [0.25, 0.3) is 0 Å². The molecule has 1 atom stereocenters. The van der Waals surface area contributed by atoms with Gasteiger partial charge in [-0.1, -0.05) is 24.2 Å². The second-order valence-electron chi connectivity index (χ2n) is 5.02. The van der Waals surface area contributed by atoms with Crippen LogP contribution >= 0.6 is 0 Å². The van der Waals surface area contributed by atoms with Crippen molar-refractivity contribution in [3.05, 3.63) is 47.3 Å². The molecule has 0 spiro atoms. The minimum atomic E-state index is 0.214. The van der Waals surface area contributed by atoms with E-state index in [1.807, 2.05) is 30.3 Å². The standard InChI is InChI=1S/C16H22N2O3/c1-3-13(17)8-12-4-6-15(7-5-12)20-10-14-9-16(11-19-2)21-18-14/h4-7,9,13H,3,8,10-11,17H2,1-2H3. The van der Waals surface area contributed by atoms with Crippen LogP contribution in [0.2, 0.25) is 0 Å². The molecular formula is C16H22N2O3. The number of nitrogens with two attached hydrogens (primary N) is 1. The fraction of sp³-hybridized carbons (Fsp3) is 0.438. The first-order valence-corrected chi connectivity index (χ1v) is 7.12. The van der Waals surface area contributed by atoms with Gasteiger partial charge in [-0.2, -0.15) is 0 Å². The molecule has 0 aliphatic rings. The Labute approximate surface area is 125 Å². The lowest BCUT2D eigenvalue weighted by atomic mass is 10.0. The fourth-order valence-corrected chi connectivity index (χ4v) is 1.96. The molecule has 2 aromatic rings. The minimum absolute atomic E-state index is 0.214. The highest BCUT2D eigenvalue weighted by Gasteiger charge is 2.05. The first kappa shape index (κ1) is 15.5. The summed E-state index contributed by atoms with van der Waals surface area (Å²) in [6.45, 7) is 2.89. The van der Waals surface area contributed by atoms with Gasteiger partial charge in [-0.25, -0.2) is 0 Å². The van der Waals surface area contributed by atoms with E-state index >= 15 is 0 Å². The highest BCUT2D eigenvalue weighted by molar-refractivity contribution is 5.28. The second-order valence-corrected chi connectivity index (χ2v) is 5.02. The van der Waals surface area contributed by atoms with Crippen LogP contribution in [-0.4, -0.2) is 18.3 Å². The van der Waals surface area contributed by atoms with Crippen molar-refractivity contribution in [2.75, 3.05) is 7.11 Å². The molecule has 0 saturated carbocycles. The van der Waals surface area contributed by atoms with E-state index in [1.165, 1.54) is 5.56 Å². The molecule has 1 aromatic carbocycles. The molecule has 114 valence electrons. The quantitative estimate of drug-likeness (QED) is 0.809. The van der Waals surface area contributed by atoms with Gasteiger partial charge in [-0.15, -0.1) is 0 Å². The highest BCUT2D eigenvalue weighted by atomic mass is 16.5. The van der Waals surface area contributed by atoms with Gasteiger partial charge in [0.2, 0.25) is 0 Å². The van der Waals surface area contributed by atoms with Crippen LogP contribution in [-0.2, 0) is 24.4 Å². The monoisotopic (exact) mass is 290 g/mol. The molecule has 5 nitrogen and oxygen atoms in total. The van der Waals surface area contributed by atoms with Gasteiger partial charge in [0.15, 0.2) is 5.76 Å². The summed E-state index contributed by atoms with van der Waals surface area (Å²) in [5.41, 5.74) is 7.92. The largest absolute Gasteiger partial charge is 0.487 e. The number of ether oxygens (including phenoxy) is 2. The van der Waals surface area contributed by atoms with Gasteiger partial charge < -0.3 is 19.7 Å². The van der Waals surface area contributed by atoms with E-state index in [0.717, 1.165) is 24.3 Å². The van der Waals surface area contributed by atoms with E-state index in [9.17, 15) is 0 Å². The van der Waals surface area contributed by atoms with Crippen LogP contribution in [0.15, 0.2) is 34.9 Å². The molecule has 5 heteroatoms. The molecule has 2 N–H and O–H groups in total. The maximum Gasteiger partial charge on any atom is 0.162 e. The van der Waals surface area contributed by atoms with Gasteiger partial charge in [0, 0.05) is 19.2 Å². The number of hydrogen-bond acceptors (Lipinski definition) is 5. The molecule has 21 heavy (non-hydrogen) atoms. The second kappa shape index (κ2) is 7.81. The van der Waals surface area contributed by atoms with E-state index in [-0.39, 0.29) is 6.04 Å². The summed E-state index contributed by atoms with van der Waals surface area (Å²) >= 11 is 0. The molecule has 0 fully saturated rings. The number of rotatable bonds is 8. The molecule has 0 radical (unpaired) electrons. The van der Waals surface area contributed by atoms with Crippen LogP contribution in [0.1, 0.15) is 30.4 Å². The summed E-state index contributed by atoms with van der Waals surface area (Å²) < 4.78 is 15.7. The summed E-state index contributed by atoms with van der Waals surface area (Å²) in [6, 6.07) is 10.0. The third-order valence-electron chi connectivity index (χ3n) is 3.23. The Hall–Kier alpha value is -1.85. The van der Waals surface area contributed by atoms with E-state index in [1.54, 1.807) is 7.11 Å². The first-order chi connectivity index (χ1) is 10.2. The average molecular weight is 290 g/mol. The number of nitrogens with zero attached hydrogens (tertiary/aromatic N) is 1. The summed E-state index contributed by atoms with van der Waals surface area (Å²) in [6.07, 6.45) is 1.87. The summed E-state index contributed by atoms with van der Waals surface area (Å²) in [5, 5.41) is 3.92. The van der Waals surface area contributed by atoms with Crippen molar-refractivity contribution in [2.24, 2.45) is 5.73 Å². The molecule has 0 bridgehead atoms. The maximum atomic E-state index is 5.94. The Morgan fingerprint density at radius 2 is 2.00 bits per heavy atom. The van der Waals surface area contributed by atoms with Gasteiger partial charge in [0.05, 0.1) is 0 Å².